The van der Waals surface area contributed by atoms with Crippen molar-refractivity contribution >= 4 is 11.8 Å². The Morgan fingerprint density at radius 1 is 1.41 bits per heavy atom. The van der Waals surface area contributed by atoms with Gasteiger partial charge in [0, 0.05) is 12.7 Å². The lowest BCUT2D eigenvalue weighted by atomic mass is 10.4. The summed E-state index contributed by atoms with van der Waals surface area (Å²) in [6.45, 7) is 4.13. The summed E-state index contributed by atoms with van der Waals surface area (Å²) < 4.78 is 0. The van der Waals surface area contributed by atoms with E-state index in [0.29, 0.717) is 5.96 Å². The molecule has 1 fully saturated rings. The average Bonchev–Trinajstić information content (AvgIpc) is 2.83. The van der Waals surface area contributed by atoms with E-state index in [1.54, 1.807) is 6.20 Å². The van der Waals surface area contributed by atoms with Crippen LogP contribution in [0.15, 0.2) is 29.4 Å². The van der Waals surface area contributed by atoms with Crippen molar-refractivity contribution in [1.82, 2.24) is 9.88 Å². The van der Waals surface area contributed by atoms with Crippen molar-refractivity contribution in [3.8, 4) is 0 Å². The number of rotatable bonds is 4. The molecule has 17 heavy (non-hydrogen) atoms. The second kappa shape index (κ2) is 6.20. The average molecular weight is 233 g/mol. The van der Waals surface area contributed by atoms with Crippen molar-refractivity contribution in [3.63, 3.8) is 0 Å². The molecule has 0 bridgehead atoms. The van der Waals surface area contributed by atoms with Gasteiger partial charge < -0.3 is 16.0 Å². The Hall–Kier alpha value is -1.62. The first-order valence-electron chi connectivity index (χ1n) is 6.05. The first-order valence-corrected chi connectivity index (χ1v) is 6.05. The molecule has 1 aliphatic rings. The quantitative estimate of drug-likeness (QED) is 0.599. The lowest BCUT2D eigenvalue weighted by molar-refractivity contribution is 0.349. The monoisotopic (exact) mass is 233 g/mol. The molecular formula is C12H19N5. The minimum atomic E-state index is 0.433. The standard InChI is InChI=1S/C12H19N5/c13-12(16-11-5-1-2-6-14-11)15-7-10-17-8-3-4-9-17/h1-2,5-6H,3-4,7-10H2,(H3,13,14,15,16). The van der Waals surface area contributed by atoms with Gasteiger partial charge in [0.2, 0.25) is 0 Å². The molecule has 2 rings (SSSR count). The molecule has 1 aromatic heterocycles. The summed E-state index contributed by atoms with van der Waals surface area (Å²) in [6.07, 6.45) is 4.34. The van der Waals surface area contributed by atoms with Gasteiger partial charge in [-0.05, 0) is 38.1 Å². The van der Waals surface area contributed by atoms with Crippen molar-refractivity contribution in [2.45, 2.75) is 12.8 Å². The van der Waals surface area contributed by atoms with E-state index in [1.165, 1.54) is 25.9 Å². The van der Waals surface area contributed by atoms with E-state index in [1.807, 2.05) is 18.2 Å². The van der Waals surface area contributed by atoms with Gasteiger partial charge in [-0.3, -0.25) is 4.99 Å². The van der Waals surface area contributed by atoms with E-state index in [-0.39, 0.29) is 0 Å². The van der Waals surface area contributed by atoms with E-state index >= 15 is 0 Å². The third-order valence-electron chi connectivity index (χ3n) is 2.82. The highest BCUT2D eigenvalue weighted by Gasteiger charge is 2.09. The predicted molar refractivity (Wildman–Crippen MR) is 70.0 cm³/mol. The number of hydrogen-bond acceptors (Lipinski definition) is 3. The molecule has 92 valence electrons. The van der Waals surface area contributed by atoms with Crippen LogP contribution in [0.5, 0.6) is 0 Å². The van der Waals surface area contributed by atoms with Crippen molar-refractivity contribution < 1.29 is 0 Å². The lowest BCUT2D eigenvalue weighted by Crippen LogP contribution is -2.27. The third kappa shape index (κ3) is 4.03. The minimum Gasteiger partial charge on any atom is -0.370 e. The molecule has 5 heteroatoms. The summed E-state index contributed by atoms with van der Waals surface area (Å²) in [6, 6.07) is 5.64. The van der Waals surface area contributed by atoms with Gasteiger partial charge in [-0.15, -0.1) is 0 Å². The molecule has 0 spiro atoms. The van der Waals surface area contributed by atoms with Crippen LogP contribution < -0.4 is 11.1 Å². The maximum Gasteiger partial charge on any atom is 0.194 e. The largest absolute Gasteiger partial charge is 0.370 e. The molecule has 1 saturated heterocycles. The number of nitrogens with zero attached hydrogens (tertiary/aromatic N) is 3. The lowest BCUT2D eigenvalue weighted by Gasteiger charge is -2.12. The summed E-state index contributed by atoms with van der Waals surface area (Å²) in [5.41, 5.74) is 5.77. The van der Waals surface area contributed by atoms with Crippen LogP contribution in [0.25, 0.3) is 0 Å². The Kier molecular flexibility index (Phi) is 4.32. The number of likely N-dealkylation sites (tertiary alicyclic amines) is 1. The first-order chi connectivity index (χ1) is 8.34. The number of guanidine groups is 1. The van der Waals surface area contributed by atoms with Crippen LogP contribution in [0.2, 0.25) is 0 Å². The van der Waals surface area contributed by atoms with Gasteiger partial charge in [-0.1, -0.05) is 6.07 Å². The molecule has 2 heterocycles. The van der Waals surface area contributed by atoms with Gasteiger partial charge in [-0.2, -0.15) is 0 Å². The number of nitrogens with two attached hydrogens (primary N) is 1. The van der Waals surface area contributed by atoms with Crippen LogP contribution in [0.4, 0.5) is 5.82 Å². The second-order valence-corrected chi connectivity index (χ2v) is 4.16. The molecule has 1 aliphatic heterocycles. The number of nitrogens with one attached hydrogen (secondary N) is 1. The number of hydrogen-bond donors (Lipinski definition) is 2. The predicted octanol–water partition coefficient (Wildman–Crippen LogP) is 0.904. The van der Waals surface area contributed by atoms with Crippen molar-refractivity contribution in [1.29, 1.82) is 0 Å². The Labute approximate surface area is 102 Å². The number of aromatic nitrogens is 1. The van der Waals surface area contributed by atoms with Crippen molar-refractivity contribution in [2.24, 2.45) is 10.7 Å². The minimum absolute atomic E-state index is 0.433. The van der Waals surface area contributed by atoms with Crippen LogP contribution in [-0.2, 0) is 0 Å². The molecule has 3 N–H and O–H groups in total. The van der Waals surface area contributed by atoms with Crippen LogP contribution in [0, 0.1) is 0 Å². The SMILES string of the molecule is NC(=NCCN1CCCC1)Nc1ccccn1. The fraction of sp³-hybridized carbons (Fsp3) is 0.500. The molecule has 0 aliphatic carbocycles. The molecule has 0 atom stereocenters. The van der Waals surface area contributed by atoms with Crippen molar-refractivity contribution in [2.75, 3.05) is 31.5 Å². The zero-order valence-corrected chi connectivity index (χ0v) is 9.97. The molecule has 0 amide bonds. The van der Waals surface area contributed by atoms with E-state index in [9.17, 15) is 0 Å². The van der Waals surface area contributed by atoms with E-state index in [2.05, 4.69) is 20.2 Å². The van der Waals surface area contributed by atoms with Crippen LogP contribution in [0.3, 0.4) is 0 Å². The highest BCUT2D eigenvalue weighted by molar-refractivity contribution is 5.91. The summed E-state index contributed by atoms with van der Waals surface area (Å²) in [7, 11) is 0. The molecule has 0 aromatic carbocycles. The highest BCUT2D eigenvalue weighted by Crippen LogP contribution is 2.06. The van der Waals surface area contributed by atoms with Crippen molar-refractivity contribution in [3.05, 3.63) is 24.4 Å². The zero-order chi connectivity index (χ0) is 11.9. The Morgan fingerprint density at radius 2 is 2.24 bits per heavy atom. The number of aliphatic imine (C=N–C) groups is 1. The van der Waals surface area contributed by atoms with Crippen LogP contribution >= 0.6 is 0 Å². The topological polar surface area (TPSA) is 66.5 Å². The maximum atomic E-state index is 5.77. The molecule has 5 nitrogen and oxygen atoms in total. The summed E-state index contributed by atoms with van der Waals surface area (Å²) >= 11 is 0. The second-order valence-electron chi connectivity index (χ2n) is 4.16. The fourth-order valence-corrected chi connectivity index (χ4v) is 1.93. The summed E-state index contributed by atoms with van der Waals surface area (Å²) in [4.78, 5) is 10.8. The first kappa shape index (κ1) is 11.9. The fourth-order valence-electron chi connectivity index (χ4n) is 1.93. The van der Waals surface area contributed by atoms with E-state index < -0.39 is 0 Å². The third-order valence-corrected chi connectivity index (χ3v) is 2.82. The maximum absolute atomic E-state index is 5.77. The van der Waals surface area contributed by atoms with Gasteiger partial charge in [-0.25, -0.2) is 4.98 Å². The van der Waals surface area contributed by atoms with Gasteiger partial charge in [0.25, 0.3) is 0 Å². The number of anilines is 1. The zero-order valence-electron chi connectivity index (χ0n) is 9.97. The van der Waals surface area contributed by atoms with E-state index in [0.717, 1.165) is 18.9 Å². The molecule has 0 unspecified atom stereocenters. The highest BCUT2D eigenvalue weighted by atomic mass is 15.2. The van der Waals surface area contributed by atoms with Gasteiger partial charge >= 0.3 is 0 Å². The Balaban J connectivity index is 1.73. The summed E-state index contributed by atoms with van der Waals surface area (Å²) in [5, 5.41) is 2.97. The van der Waals surface area contributed by atoms with Crippen LogP contribution in [-0.4, -0.2) is 42.0 Å². The summed E-state index contributed by atoms with van der Waals surface area (Å²) in [5.74, 6) is 1.16. The Bertz CT molecular complexity index is 356. The van der Waals surface area contributed by atoms with Gasteiger partial charge in [0.15, 0.2) is 5.96 Å². The normalized spacial score (nSPS) is 17.3. The van der Waals surface area contributed by atoms with Gasteiger partial charge in [0.05, 0.1) is 6.54 Å². The smallest absolute Gasteiger partial charge is 0.194 e. The van der Waals surface area contributed by atoms with Crippen LogP contribution in [0.1, 0.15) is 12.8 Å². The van der Waals surface area contributed by atoms with Gasteiger partial charge in [0.1, 0.15) is 5.82 Å². The van der Waals surface area contributed by atoms with E-state index in [4.69, 9.17) is 5.73 Å². The molecular weight excluding hydrogens is 214 g/mol. The number of pyridine rings is 1. The molecule has 1 aromatic rings. The Morgan fingerprint density at radius 3 is 2.94 bits per heavy atom. The molecule has 0 radical (unpaired) electrons. The molecule has 0 saturated carbocycles.